The van der Waals surface area contributed by atoms with Gasteiger partial charge in [0.25, 0.3) is 0 Å². The minimum Gasteiger partial charge on any atom is -0.457 e. The molecule has 1 fully saturated rings. The zero-order chi connectivity index (χ0) is 15.4. The van der Waals surface area contributed by atoms with Crippen LogP contribution in [0, 0.1) is 5.92 Å². The number of nitrogens with one attached hydrogen (secondary N) is 1. The van der Waals surface area contributed by atoms with Gasteiger partial charge in [0.1, 0.15) is 11.5 Å². The first kappa shape index (κ1) is 14.6. The first-order chi connectivity index (χ1) is 10.7. The summed E-state index contributed by atoms with van der Waals surface area (Å²) in [5.41, 5.74) is 6.62. The number of carbonyl (C=O) groups is 1. The van der Waals surface area contributed by atoms with Crippen molar-refractivity contribution in [3.8, 4) is 11.5 Å². The van der Waals surface area contributed by atoms with Crippen LogP contribution in [0.25, 0.3) is 0 Å². The summed E-state index contributed by atoms with van der Waals surface area (Å²) in [7, 11) is 0. The van der Waals surface area contributed by atoms with Crippen LogP contribution in [0.4, 0.5) is 5.69 Å². The van der Waals surface area contributed by atoms with Crippen molar-refractivity contribution < 1.29 is 9.53 Å². The van der Waals surface area contributed by atoms with Gasteiger partial charge in [0.05, 0.1) is 0 Å². The van der Waals surface area contributed by atoms with Crippen LogP contribution in [0.15, 0.2) is 54.6 Å². The van der Waals surface area contributed by atoms with E-state index < -0.39 is 0 Å². The standard InChI is InChI=1S/C18H20N2O2/c19-14-10-9-13(11-14)18(21)20-15-5-4-8-17(12-15)22-16-6-2-1-3-7-16/h1-8,12-14H,9-11,19H2,(H,20,21). The van der Waals surface area contributed by atoms with Crippen molar-refractivity contribution in [1.82, 2.24) is 0 Å². The highest BCUT2D eigenvalue weighted by molar-refractivity contribution is 5.92. The third-order valence-corrected chi connectivity index (χ3v) is 3.92. The molecule has 0 heterocycles. The van der Waals surface area contributed by atoms with E-state index in [0.717, 1.165) is 30.7 Å². The molecule has 2 aromatic rings. The van der Waals surface area contributed by atoms with Crippen molar-refractivity contribution in [3.05, 3.63) is 54.6 Å². The van der Waals surface area contributed by atoms with Gasteiger partial charge in [0.2, 0.25) is 5.91 Å². The Morgan fingerprint density at radius 2 is 1.82 bits per heavy atom. The second kappa shape index (κ2) is 6.62. The first-order valence-electron chi connectivity index (χ1n) is 7.60. The van der Waals surface area contributed by atoms with E-state index in [9.17, 15) is 4.79 Å². The molecule has 1 aliphatic carbocycles. The van der Waals surface area contributed by atoms with Gasteiger partial charge in [-0.15, -0.1) is 0 Å². The van der Waals surface area contributed by atoms with Crippen LogP contribution >= 0.6 is 0 Å². The highest BCUT2D eigenvalue weighted by Gasteiger charge is 2.27. The topological polar surface area (TPSA) is 64.4 Å². The monoisotopic (exact) mass is 296 g/mol. The van der Waals surface area contributed by atoms with Crippen molar-refractivity contribution in [3.63, 3.8) is 0 Å². The van der Waals surface area contributed by atoms with E-state index >= 15 is 0 Å². The summed E-state index contributed by atoms with van der Waals surface area (Å²) in [4.78, 5) is 12.2. The lowest BCUT2D eigenvalue weighted by molar-refractivity contribution is -0.119. The fourth-order valence-corrected chi connectivity index (χ4v) is 2.76. The minimum absolute atomic E-state index is 0.0219. The van der Waals surface area contributed by atoms with Gasteiger partial charge < -0.3 is 15.8 Å². The van der Waals surface area contributed by atoms with Crippen LogP contribution in [-0.2, 0) is 4.79 Å². The largest absolute Gasteiger partial charge is 0.457 e. The molecule has 2 atom stereocenters. The Morgan fingerprint density at radius 3 is 2.55 bits per heavy atom. The maximum absolute atomic E-state index is 12.2. The summed E-state index contributed by atoms with van der Waals surface area (Å²) in [6.07, 6.45) is 2.56. The molecule has 1 saturated carbocycles. The molecule has 1 aliphatic rings. The summed E-state index contributed by atoms with van der Waals surface area (Å²) in [6.45, 7) is 0. The van der Waals surface area contributed by atoms with Gasteiger partial charge in [0.15, 0.2) is 0 Å². The lowest BCUT2D eigenvalue weighted by atomic mass is 10.1. The second-order valence-electron chi connectivity index (χ2n) is 5.70. The SMILES string of the molecule is NC1CCC(C(=O)Nc2cccc(Oc3ccccc3)c2)C1. The van der Waals surface area contributed by atoms with Crippen molar-refractivity contribution in [2.75, 3.05) is 5.32 Å². The quantitative estimate of drug-likeness (QED) is 0.907. The molecule has 4 heteroatoms. The van der Waals surface area contributed by atoms with Crippen molar-refractivity contribution in [1.29, 1.82) is 0 Å². The number of hydrogen-bond acceptors (Lipinski definition) is 3. The molecule has 2 aromatic carbocycles. The average molecular weight is 296 g/mol. The van der Waals surface area contributed by atoms with Gasteiger partial charge in [-0.25, -0.2) is 0 Å². The molecule has 4 nitrogen and oxygen atoms in total. The summed E-state index contributed by atoms with van der Waals surface area (Å²) >= 11 is 0. The predicted octanol–water partition coefficient (Wildman–Crippen LogP) is 3.54. The Balaban J connectivity index is 1.65. The van der Waals surface area contributed by atoms with E-state index in [-0.39, 0.29) is 17.9 Å². The van der Waals surface area contributed by atoms with Crippen LogP contribution < -0.4 is 15.8 Å². The number of rotatable bonds is 4. The molecule has 0 aromatic heterocycles. The lowest BCUT2D eigenvalue weighted by Gasteiger charge is -2.12. The van der Waals surface area contributed by atoms with E-state index in [1.165, 1.54) is 0 Å². The van der Waals surface area contributed by atoms with Crippen molar-refractivity contribution in [2.24, 2.45) is 11.7 Å². The number of nitrogens with two attached hydrogens (primary N) is 1. The summed E-state index contributed by atoms with van der Waals surface area (Å²) in [6, 6.07) is 17.2. The molecule has 0 bridgehead atoms. The van der Waals surface area contributed by atoms with Crippen molar-refractivity contribution >= 4 is 11.6 Å². The van der Waals surface area contributed by atoms with E-state index in [1.807, 2.05) is 54.6 Å². The van der Waals surface area contributed by atoms with Gasteiger partial charge in [0, 0.05) is 23.7 Å². The molecule has 0 spiro atoms. The third kappa shape index (κ3) is 3.65. The molecular formula is C18H20N2O2. The molecular weight excluding hydrogens is 276 g/mol. The molecule has 3 N–H and O–H groups in total. The highest BCUT2D eigenvalue weighted by atomic mass is 16.5. The summed E-state index contributed by atoms with van der Waals surface area (Å²) in [5.74, 6) is 1.54. The predicted molar refractivity (Wildman–Crippen MR) is 86.9 cm³/mol. The molecule has 0 radical (unpaired) electrons. The van der Waals surface area contributed by atoms with E-state index in [1.54, 1.807) is 0 Å². The smallest absolute Gasteiger partial charge is 0.227 e. The van der Waals surface area contributed by atoms with Crippen LogP contribution in [0.2, 0.25) is 0 Å². The minimum atomic E-state index is 0.0219. The average Bonchev–Trinajstić information content (AvgIpc) is 2.95. The van der Waals surface area contributed by atoms with Gasteiger partial charge in [-0.1, -0.05) is 24.3 Å². The normalized spacial score (nSPS) is 20.6. The Kier molecular flexibility index (Phi) is 4.39. The van der Waals surface area contributed by atoms with Gasteiger partial charge in [-0.3, -0.25) is 4.79 Å². The maximum atomic E-state index is 12.2. The second-order valence-corrected chi connectivity index (χ2v) is 5.70. The Hall–Kier alpha value is -2.33. The van der Waals surface area contributed by atoms with E-state index in [0.29, 0.717) is 5.75 Å². The number of amides is 1. The highest BCUT2D eigenvalue weighted by Crippen LogP contribution is 2.27. The van der Waals surface area contributed by atoms with Gasteiger partial charge in [-0.05, 0) is 43.5 Å². The van der Waals surface area contributed by atoms with Gasteiger partial charge in [-0.2, -0.15) is 0 Å². The zero-order valence-corrected chi connectivity index (χ0v) is 12.4. The zero-order valence-electron chi connectivity index (χ0n) is 12.4. The Morgan fingerprint density at radius 1 is 1.05 bits per heavy atom. The third-order valence-electron chi connectivity index (χ3n) is 3.92. The Bertz CT molecular complexity index is 643. The number of carbonyl (C=O) groups excluding carboxylic acids is 1. The molecule has 0 saturated heterocycles. The molecule has 1 amide bonds. The molecule has 2 unspecified atom stereocenters. The number of para-hydroxylation sites is 1. The number of benzene rings is 2. The lowest BCUT2D eigenvalue weighted by Crippen LogP contribution is -2.23. The summed E-state index contributed by atoms with van der Waals surface area (Å²) in [5, 5.41) is 2.96. The number of hydrogen-bond donors (Lipinski definition) is 2. The van der Waals surface area contributed by atoms with Crippen molar-refractivity contribution in [2.45, 2.75) is 25.3 Å². The fourth-order valence-electron chi connectivity index (χ4n) is 2.76. The maximum Gasteiger partial charge on any atom is 0.227 e. The first-order valence-corrected chi connectivity index (χ1v) is 7.60. The molecule has 0 aliphatic heterocycles. The number of anilines is 1. The van der Waals surface area contributed by atoms with Crippen LogP contribution in [0.3, 0.4) is 0 Å². The molecule has 22 heavy (non-hydrogen) atoms. The summed E-state index contributed by atoms with van der Waals surface area (Å²) < 4.78 is 5.77. The van der Waals surface area contributed by atoms with Crippen LogP contribution in [0.5, 0.6) is 11.5 Å². The number of ether oxygens (including phenoxy) is 1. The fraction of sp³-hybridized carbons (Fsp3) is 0.278. The molecule has 114 valence electrons. The molecule has 3 rings (SSSR count). The van der Waals surface area contributed by atoms with Crippen LogP contribution in [0.1, 0.15) is 19.3 Å². The van der Waals surface area contributed by atoms with E-state index in [4.69, 9.17) is 10.5 Å². The van der Waals surface area contributed by atoms with Crippen LogP contribution in [-0.4, -0.2) is 11.9 Å². The Labute approximate surface area is 130 Å². The van der Waals surface area contributed by atoms with Gasteiger partial charge >= 0.3 is 0 Å². The van der Waals surface area contributed by atoms with E-state index in [2.05, 4.69) is 5.32 Å².